The van der Waals surface area contributed by atoms with Gasteiger partial charge in [0, 0.05) is 30.1 Å². The number of ether oxygens (including phenoxy) is 1. The molecule has 0 aliphatic heterocycles. The summed E-state index contributed by atoms with van der Waals surface area (Å²) in [5.41, 5.74) is 0.400. The number of carbonyl (C=O) groups is 4. The van der Waals surface area contributed by atoms with Crippen LogP contribution in [-0.4, -0.2) is 53.5 Å². The van der Waals surface area contributed by atoms with Crippen molar-refractivity contribution in [1.82, 2.24) is 16.0 Å². The molecule has 0 aromatic heterocycles. The summed E-state index contributed by atoms with van der Waals surface area (Å²) >= 11 is 5.88. The lowest BCUT2D eigenvalue weighted by Crippen LogP contribution is -2.46. The molecule has 1 unspecified atom stereocenters. The number of carboxylic acids is 1. The number of benzene rings is 2. The Hall–Kier alpha value is -5.15. The van der Waals surface area contributed by atoms with E-state index in [4.69, 9.17) is 16.3 Å². The molecule has 2 aromatic rings. The fraction of sp³-hybridized carbons (Fsp3) is 0.404. The van der Waals surface area contributed by atoms with Crippen LogP contribution in [0, 0.1) is 0 Å². The number of carbonyl (C=O) groups excluding carboxylic acids is 3. The van der Waals surface area contributed by atoms with Gasteiger partial charge in [0.15, 0.2) is 5.60 Å². The van der Waals surface area contributed by atoms with Gasteiger partial charge in [-0.25, -0.2) is 4.79 Å². The third-order valence-corrected chi connectivity index (χ3v) is 8.87. The number of rotatable bonds is 28. The van der Waals surface area contributed by atoms with E-state index in [0.717, 1.165) is 44.1 Å². The summed E-state index contributed by atoms with van der Waals surface area (Å²) in [5, 5.41) is 18.6. The van der Waals surface area contributed by atoms with E-state index in [1.54, 1.807) is 50.2 Å². The first kappa shape index (κ1) is 48.0. The quantitative estimate of drug-likeness (QED) is 0.0501. The summed E-state index contributed by atoms with van der Waals surface area (Å²) in [5.74, 6) is -1.32. The van der Waals surface area contributed by atoms with Gasteiger partial charge in [-0.1, -0.05) is 104 Å². The van der Waals surface area contributed by atoms with E-state index in [1.165, 1.54) is 0 Å². The van der Waals surface area contributed by atoms with E-state index in [-0.39, 0.29) is 30.6 Å². The molecule has 3 amide bonds. The Bertz CT molecular complexity index is 1670. The molecule has 308 valence electrons. The smallest absolute Gasteiger partial charge is 0.326 e. The molecule has 57 heavy (non-hydrogen) atoms. The number of allylic oxidation sites excluding steroid dienone is 12. The minimum absolute atomic E-state index is 0.170. The fourth-order valence-electron chi connectivity index (χ4n) is 5.35. The van der Waals surface area contributed by atoms with Crippen molar-refractivity contribution in [3.63, 3.8) is 0 Å². The topological polar surface area (TPSA) is 134 Å². The summed E-state index contributed by atoms with van der Waals surface area (Å²) < 4.78 is 5.97. The number of unbranched alkanes of at least 4 members (excludes halogenated alkanes) is 1. The van der Waals surface area contributed by atoms with Crippen LogP contribution in [0.1, 0.15) is 107 Å². The molecular weight excluding hydrogens is 738 g/mol. The number of nitrogens with one attached hydrogen (secondary N) is 3. The highest BCUT2D eigenvalue weighted by Gasteiger charge is 2.29. The Morgan fingerprint density at radius 3 is 1.81 bits per heavy atom. The van der Waals surface area contributed by atoms with Crippen molar-refractivity contribution >= 4 is 35.3 Å². The van der Waals surface area contributed by atoms with Crippen LogP contribution in [0.2, 0.25) is 5.02 Å². The van der Waals surface area contributed by atoms with Crippen molar-refractivity contribution in [2.75, 3.05) is 13.1 Å². The number of aliphatic carboxylic acids is 1. The van der Waals surface area contributed by atoms with E-state index >= 15 is 0 Å². The van der Waals surface area contributed by atoms with Gasteiger partial charge in [0.2, 0.25) is 5.91 Å². The van der Waals surface area contributed by atoms with Crippen LogP contribution >= 0.6 is 11.6 Å². The van der Waals surface area contributed by atoms with Gasteiger partial charge in [0.05, 0.1) is 0 Å². The highest BCUT2D eigenvalue weighted by atomic mass is 35.5. The molecule has 0 saturated carbocycles. The zero-order chi connectivity index (χ0) is 41.6. The predicted molar refractivity (Wildman–Crippen MR) is 233 cm³/mol. The molecule has 0 heterocycles. The predicted octanol–water partition coefficient (Wildman–Crippen LogP) is 9.80. The van der Waals surface area contributed by atoms with Gasteiger partial charge < -0.3 is 25.8 Å². The average Bonchev–Trinajstić information content (AvgIpc) is 3.18. The number of hydrogen-bond acceptors (Lipinski definition) is 5. The molecule has 0 fully saturated rings. The molecular formula is C47H62ClN3O6. The van der Waals surface area contributed by atoms with E-state index in [9.17, 15) is 24.3 Å². The Labute approximate surface area is 345 Å². The Morgan fingerprint density at radius 2 is 1.26 bits per heavy atom. The number of amides is 3. The molecule has 9 nitrogen and oxygen atoms in total. The third-order valence-electron chi connectivity index (χ3n) is 8.62. The van der Waals surface area contributed by atoms with Crippen LogP contribution in [0.15, 0.2) is 121 Å². The van der Waals surface area contributed by atoms with Gasteiger partial charge in [0.25, 0.3) is 11.8 Å². The second-order valence-electron chi connectivity index (χ2n) is 13.9. The van der Waals surface area contributed by atoms with Crippen molar-refractivity contribution in [2.24, 2.45) is 0 Å². The average molecular weight is 800 g/mol. The number of carboxylic acid groups (broad SMARTS) is 1. The first-order chi connectivity index (χ1) is 27.5. The minimum atomic E-state index is -1.14. The van der Waals surface area contributed by atoms with E-state index in [2.05, 4.69) is 83.6 Å². The van der Waals surface area contributed by atoms with Crippen LogP contribution in [0.25, 0.3) is 0 Å². The molecule has 4 N–H and O–H groups in total. The lowest BCUT2D eigenvalue weighted by Gasteiger charge is -2.25. The molecule has 1 atom stereocenters. The normalized spacial score (nSPS) is 12.7. The molecule has 0 aliphatic rings. The highest BCUT2D eigenvalue weighted by Crippen LogP contribution is 2.20. The van der Waals surface area contributed by atoms with Crippen molar-refractivity contribution in [3.8, 4) is 5.75 Å². The van der Waals surface area contributed by atoms with Gasteiger partial charge >= 0.3 is 5.97 Å². The molecule has 2 aromatic carbocycles. The Morgan fingerprint density at radius 1 is 0.719 bits per heavy atom. The van der Waals surface area contributed by atoms with Gasteiger partial charge in [-0.3, -0.25) is 14.4 Å². The first-order valence-electron chi connectivity index (χ1n) is 20.0. The summed E-state index contributed by atoms with van der Waals surface area (Å²) in [4.78, 5) is 49.3. The molecule has 10 heteroatoms. The molecule has 0 aliphatic carbocycles. The van der Waals surface area contributed by atoms with Gasteiger partial charge in [-0.05, 0) is 126 Å². The lowest BCUT2D eigenvalue weighted by molar-refractivity contribution is -0.142. The van der Waals surface area contributed by atoms with Gasteiger partial charge in [-0.2, -0.15) is 0 Å². The maximum atomic E-state index is 12.9. The molecule has 0 saturated heterocycles. The summed E-state index contributed by atoms with van der Waals surface area (Å²) in [6, 6.07) is 13.1. The first-order valence-corrected chi connectivity index (χ1v) is 20.4. The molecule has 0 spiro atoms. The fourth-order valence-corrected chi connectivity index (χ4v) is 5.48. The molecule has 0 bridgehead atoms. The van der Waals surface area contributed by atoms with Crippen molar-refractivity contribution < 1.29 is 29.0 Å². The maximum Gasteiger partial charge on any atom is 0.326 e. The zero-order valence-electron chi connectivity index (χ0n) is 33.9. The minimum Gasteiger partial charge on any atom is -0.480 e. The Kier molecular flexibility index (Phi) is 24.5. The lowest BCUT2D eigenvalue weighted by atomic mass is 10.1. The van der Waals surface area contributed by atoms with Crippen LogP contribution < -0.4 is 20.7 Å². The van der Waals surface area contributed by atoms with Crippen LogP contribution in [0.5, 0.6) is 5.75 Å². The van der Waals surface area contributed by atoms with Crippen LogP contribution in [0.4, 0.5) is 0 Å². The van der Waals surface area contributed by atoms with E-state index in [1.807, 2.05) is 24.3 Å². The number of halogens is 1. The largest absolute Gasteiger partial charge is 0.480 e. The zero-order valence-corrected chi connectivity index (χ0v) is 34.6. The second-order valence-corrected chi connectivity index (χ2v) is 14.4. The number of hydrogen-bond donors (Lipinski definition) is 4. The third kappa shape index (κ3) is 22.9. The van der Waals surface area contributed by atoms with Crippen molar-refractivity contribution in [3.05, 3.63) is 138 Å². The summed E-state index contributed by atoms with van der Waals surface area (Å²) in [6.45, 7) is 6.30. The highest BCUT2D eigenvalue weighted by molar-refractivity contribution is 6.30. The van der Waals surface area contributed by atoms with E-state index in [0.29, 0.717) is 55.1 Å². The van der Waals surface area contributed by atoms with Crippen molar-refractivity contribution in [1.29, 1.82) is 0 Å². The van der Waals surface area contributed by atoms with Gasteiger partial charge in [0.1, 0.15) is 11.8 Å². The summed E-state index contributed by atoms with van der Waals surface area (Å²) in [6.07, 6.45) is 33.8. The molecule has 2 rings (SSSR count). The summed E-state index contributed by atoms with van der Waals surface area (Å²) in [7, 11) is 0. The molecule has 0 radical (unpaired) electrons. The van der Waals surface area contributed by atoms with Crippen LogP contribution in [0.3, 0.4) is 0 Å². The van der Waals surface area contributed by atoms with Gasteiger partial charge in [-0.15, -0.1) is 0 Å². The maximum absolute atomic E-state index is 12.9. The second kappa shape index (κ2) is 29.1. The van der Waals surface area contributed by atoms with E-state index < -0.39 is 17.6 Å². The Balaban J connectivity index is 1.57. The van der Waals surface area contributed by atoms with Crippen LogP contribution in [-0.2, 0) is 20.8 Å². The van der Waals surface area contributed by atoms with Crippen molar-refractivity contribution in [2.45, 2.75) is 109 Å². The SMILES string of the molecule is CCC=CCC=CCC=CCC=CCC=CCC=CCCC(=O)NC(CCCCNC(=O)C(C)(C)Oc1ccc(CCNC(=O)c2ccc(Cl)cc2)cc1)C(=O)O. The monoisotopic (exact) mass is 799 g/mol. The standard InChI is InChI=1S/C47H62ClN3O6/c1-4-5-6-7-8-9-10-11-12-13-14-15-16-17-18-19-20-21-22-26-43(52)51-42(45(54)55)25-23-24-36-50-46(56)47(2,3)57-41-33-27-38(28-34-41)35-37-49-44(53)39-29-31-40(48)32-30-39/h5-6,8-9,11-12,14-15,17-18,20-21,27-34,42H,4,7,10,13,16,19,22-26,35-37H2,1-3H3,(H,49,53)(H,50,56)(H,51,52)(H,54,55).